The van der Waals surface area contributed by atoms with Gasteiger partial charge in [-0.1, -0.05) is 66.2 Å². The van der Waals surface area contributed by atoms with Crippen LogP contribution >= 0.6 is 23.1 Å². The van der Waals surface area contributed by atoms with E-state index in [0.717, 1.165) is 30.5 Å². The highest BCUT2D eigenvalue weighted by atomic mass is 32.2. The van der Waals surface area contributed by atoms with Gasteiger partial charge in [0, 0.05) is 10.3 Å². The van der Waals surface area contributed by atoms with Crippen molar-refractivity contribution in [2.75, 3.05) is 19.0 Å². The number of rotatable bonds is 14. The highest BCUT2D eigenvalue weighted by Crippen LogP contribution is 2.43. The average Bonchev–Trinajstić information content (AvgIpc) is 3.10. The van der Waals surface area contributed by atoms with Crippen LogP contribution in [-0.2, 0) is 4.74 Å². The number of thioether (sulfide) groups is 1. The van der Waals surface area contributed by atoms with Crippen LogP contribution in [0.1, 0.15) is 83.9 Å². The topological polar surface area (TPSA) is 18.5 Å². The Labute approximate surface area is 175 Å². The second-order valence-corrected chi connectivity index (χ2v) is 9.54. The summed E-state index contributed by atoms with van der Waals surface area (Å²) in [7, 11) is 0. The fourth-order valence-corrected chi connectivity index (χ4v) is 5.47. The predicted molar refractivity (Wildman–Crippen MR) is 121 cm³/mol. The summed E-state index contributed by atoms with van der Waals surface area (Å²) in [5.41, 5.74) is 0. The number of unbranched alkanes of at least 4 members (excludes halogenated alkanes) is 2. The summed E-state index contributed by atoms with van der Waals surface area (Å²) in [5.74, 6) is 4.51. The summed E-state index contributed by atoms with van der Waals surface area (Å²) in [6, 6.07) is 0. The van der Waals surface area contributed by atoms with Gasteiger partial charge in [-0.2, -0.15) is 0 Å². The molecule has 2 unspecified atom stereocenters. The molecule has 0 fully saturated rings. The van der Waals surface area contributed by atoms with Gasteiger partial charge in [0.2, 0.25) is 0 Å². The molecule has 0 saturated heterocycles. The maximum absolute atomic E-state index is 6.21. The van der Waals surface area contributed by atoms with Gasteiger partial charge in [0.1, 0.15) is 11.5 Å². The highest BCUT2D eigenvalue weighted by molar-refractivity contribution is 7.99. The molecule has 1 aliphatic rings. The van der Waals surface area contributed by atoms with Crippen molar-refractivity contribution in [2.45, 2.75) is 84.0 Å². The molecule has 2 heterocycles. The molecule has 1 aliphatic heterocycles. The van der Waals surface area contributed by atoms with Gasteiger partial charge in [-0.25, -0.2) is 0 Å². The SMILES string of the molecule is CCCCC(CC)COC1=Cc2scc(OCC(CC)CCCC)c2SC1. The van der Waals surface area contributed by atoms with Crippen LogP contribution < -0.4 is 4.74 Å². The monoisotopic (exact) mass is 410 g/mol. The van der Waals surface area contributed by atoms with Crippen molar-refractivity contribution >= 4 is 29.2 Å². The molecular formula is C23H38O2S2. The molecule has 1 aromatic heterocycles. The average molecular weight is 411 g/mol. The van der Waals surface area contributed by atoms with Crippen molar-refractivity contribution in [1.82, 2.24) is 0 Å². The summed E-state index contributed by atoms with van der Waals surface area (Å²) in [4.78, 5) is 2.62. The minimum atomic E-state index is 0.678. The Morgan fingerprint density at radius 2 is 1.56 bits per heavy atom. The second-order valence-electron chi connectivity index (χ2n) is 7.65. The van der Waals surface area contributed by atoms with Gasteiger partial charge < -0.3 is 9.47 Å². The maximum atomic E-state index is 6.21. The van der Waals surface area contributed by atoms with Crippen LogP contribution in [0.25, 0.3) is 6.08 Å². The minimum Gasteiger partial charge on any atom is -0.497 e. The van der Waals surface area contributed by atoms with Gasteiger partial charge in [0.25, 0.3) is 0 Å². The van der Waals surface area contributed by atoms with E-state index in [1.54, 1.807) is 11.3 Å². The molecule has 2 atom stereocenters. The molecule has 4 heteroatoms. The van der Waals surface area contributed by atoms with Gasteiger partial charge >= 0.3 is 0 Å². The molecule has 0 aliphatic carbocycles. The van der Waals surface area contributed by atoms with E-state index in [1.807, 2.05) is 11.8 Å². The molecule has 2 rings (SSSR count). The molecular weight excluding hydrogens is 372 g/mol. The quantitative estimate of drug-likeness (QED) is 0.309. The van der Waals surface area contributed by atoms with E-state index in [1.165, 1.54) is 61.1 Å². The first-order valence-electron chi connectivity index (χ1n) is 10.9. The van der Waals surface area contributed by atoms with Gasteiger partial charge in [0.15, 0.2) is 0 Å². The second kappa shape index (κ2) is 12.8. The van der Waals surface area contributed by atoms with Crippen molar-refractivity contribution < 1.29 is 9.47 Å². The number of hydrogen-bond donors (Lipinski definition) is 0. The molecule has 0 saturated carbocycles. The van der Waals surface area contributed by atoms with Gasteiger partial charge in [-0.3, -0.25) is 0 Å². The first kappa shape index (κ1) is 22.7. The van der Waals surface area contributed by atoms with Crippen LogP contribution in [0, 0.1) is 11.8 Å². The van der Waals surface area contributed by atoms with Crippen LogP contribution in [0.15, 0.2) is 16.0 Å². The third-order valence-electron chi connectivity index (χ3n) is 5.46. The molecule has 1 aromatic rings. The predicted octanol–water partition coefficient (Wildman–Crippen LogP) is 8.02. The zero-order valence-electron chi connectivity index (χ0n) is 17.7. The molecule has 2 nitrogen and oxygen atoms in total. The number of thiophene rings is 1. The van der Waals surface area contributed by atoms with E-state index in [0.29, 0.717) is 11.8 Å². The van der Waals surface area contributed by atoms with Crippen LogP contribution in [0.2, 0.25) is 0 Å². The van der Waals surface area contributed by atoms with E-state index in [9.17, 15) is 0 Å². The van der Waals surface area contributed by atoms with Crippen molar-refractivity contribution in [3.05, 3.63) is 16.0 Å². The van der Waals surface area contributed by atoms with E-state index < -0.39 is 0 Å². The molecule has 0 bridgehead atoms. The lowest BCUT2D eigenvalue weighted by Crippen LogP contribution is -2.12. The van der Waals surface area contributed by atoms with E-state index in [2.05, 4.69) is 39.2 Å². The van der Waals surface area contributed by atoms with Crippen LogP contribution in [0.5, 0.6) is 5.75 Å². The van der Waals surface area contributed by atoms with Gasteiger partial charge in [0.05, 0.1) is 23.9 Å². The fourth-order valence-electron chi connectivity index (χ4n) is 3.33. The Morgan fingerprint density at radius 3 is 2.15 bits per heavy atom. The lowest BCUT2D eigenvalue weighted by molar-refractivity contribution is 0.160. The van der Waals surface area contributed by atoms with Crippen LogP contribution in [0.4, 0.5) is 0 Å². The van der Waals surface area contributed by atoms with Gasteiger partial charge in [-0.05, 0) is 30.8 Å². The van der Waals surface area contributed by atoms with Crippen molar-refractivity contribution in [1.29, 1.82) is 0 Å². The van der Waals surface area contributed by atoms with Crippen LogP contribution in [0.3, 0.4) is 0 Å². The van der Waals surface area contributed by atoms with Crippen molar-refractivity contribution in [2.24, 2.45) is 11.8 Å². The standard InChI is InChI=1S/C23H38O2S2/c1-5-9-11-18(7-3)14-24-20-13-22-23(27-16-20)21(17-26-22)25-15-19(8-4)12-10-6-2/h13,17-19H,5-12,14-16H2,1-4H3. The molecule has 0 radical (unpaired) electrons. The Morgan fingerprint density at radius 1 is 0.926 bits per heavy atom. The Hall–Kier alpha value is -0.610. The zero-order valence-corrected chi connectivity index (χ0v) is 19.4. The first-order chi connectivity index (χ1) is 13.2. The molecule has 0 aromatic carbocycles. The Balaban J connectivity index is 1.87. The summed E-state index contributed by atoms with van der Waals surface area (Å²) in [6.45, 7) is 10.8. The van der Waals surface area contributed by atoms with Crippen LogP contribution in [-0.4, -0.2) is 19.0 Å². The largest absolute Gasteiger partial charge is 0.497 e. The smallest absolute Gasteiger partial charge is 0.144 e. The van der Waals surface area contributed by atoms with E-state index >= 15 is 0 Å². The molecule has 0 N–H and O–H groups in total. The highest BCUT2D eigenvalue weighted by Gasteiger charge is 2.20. The minimum absolute atomic E-state index is 0.678. The van der Waals surface area contributed by atoms with E-state index in [4.69, 9.17) is 9.47 Å². The summed E-state index contributed by atoms with van der Waals surface area (Å²) >= 11 is 3.66. The molecule has 154 valence electrons. The summed E-state index contributed by atoms with van der Waals surface area (Å²) in [6.07, 6.45) is 12.4. The maximum Gasteiger partial charge on any atom is 0.144 e. The third kappa shape index (κ3) is 7.38. The summed E-state index contributed by atoms with van der Waals surface area (Å²) < 4.78 is 12.4. The molecule has 0 amide bonds. The lowest BCUT2D eigenvalue weighted by Gasteiger charge is -2.20. The normalized spacial score (nSPS) is 15.8. The number of ether oxygens (including phenoxy) is 2. The Bertz CT molecular complexity index is 565. The lowest BCUT2D eigenvalue weighted by atomic mass is 10.0. The fraction of sp³-hybridized carbons (Fsp3) is 0.739. The summed E-state index contributed by atoms with van der Waals surface area (Å²) in [5, 5.41) is 2.18. The van der Waals surface area contributed by atoms with Crippen molar-refractivity contribution in [3.63, 3.8) is 0 Å². The molecule has 0 spiro atoms. The zero-order chi connectivity index (χ0) is 19.5. The number of fused-ring (bicyclic) bond motifs is 1. The molecule has 27 heavy (non-hydrogen) atoms. The third-order valence-corrected chi connectivity index (χ3v) is 7.63. The Kier molecular flexibility index (Phi) is 10.7. The van der Waals surface area contributed by atoms with Crippen molar-refractivity contribution in [3.8, 4) is 5.75 Å². The van der Waals surface area contributed by atoms with Gasteiger partial charge in [-0.15, -0.1) is 23.1 Å². The number of hydrogen-bond acceptors (Lipinski definition) is 4. The van der Waals surface area contributed by atoms with E-state index in [-0.39, 0.29) is 0 Å². The first-order valence-corrected chi connectivity index (χ1v) is 12.8.